The highest BCUT2D eigenvalue weighted by molar-refractivity contribution is 7.89. The molecule has 1 heterocycles. The van der Waals surface area contributed by atoms with Gasteiger partial charge < -0.3 is 4.90 Å². The van der Waals surface area contributed by atoms with E-state index in [-0.39, 0.29) is 11.9 Å². The Hall–Kier alpha value is -2.18. The van der Waals surface area contributed by atoms with Crippen LogP contribution in [0.2, 0.25) is 0 Å². The van der Waals surface area contributed by atoms with E-state index in [2.05, 4.69) is 4.72 Å². The van der Waals surface area contributed by atoms with Gasteiger partial charge in [-0.1, -0.05) is 42.5 Å². The number of hydrogen-bond donors (Lipinski definition) is 1. The van der Waals surface area contributed by atoms with E-state index in [1.54, 1.807) is 13.0 Å². The molecule has 1 aliphatic rings. The summed E-state index contributed by atoms with van der Waals surface area (Å²) in [6, 6.07) is 15.0. The van der Waals surface area contributed by atoms with E-state index < -0.39 is 10.0 Å². The summed E-state index contributed by atoms with van der Waals surface area (Å²) in [5.74, 6) is 0.0945. The summed E-state index contributed by atoms with van der Waals surface area (Å²) in [6.45, 7) is 4.84. The number of likely N-dealkylation sites (tertiary alicyclic amines) is 1. The molecule has 3 rings (SSSR count). The van der Waals surface area contributed by atoms with E-state index in [9.17, 15) is 13.2 Å². The molecule has 2 aromatic carbocycles. The topological polar surface area (TPSA) is 66.5 Å². The normalized spacial score (nSPS) is 15.7. The number of piperidine rings is 1. The molecule has 144 valence electrons. The van der Waals surface area contributed by atoms with Gasteiger partial charge in [0.1, 0.15) is 0 Å². The molecule has 1 fully saturated rings. The fraction of sp³-hybridized carbons (Fsp3) is 0.381. The van der Waals surface area contributed by atoms with Crippen molar-refractivity contribution in [2.24, 2.45) is 0 Å². The van der Waals surface area contributed by atoms with Crippen molar-refractivity contribution in [1.82, 2.24) is 9.62 Å². The second kappa shape index (κ2) is 8.23. The highest BCUT2D eigenvalue weighted by Crippen LogP contribution is 2.19. The average molecular weight is 387 g/mol. The fourth-order valence-corrected chi connectivity index (χ4v) is 5.04. The van der Waals surface area contributed by atoms with Crippen LogP contribution in [0.25, 0.3) is 0 Å². The average Bonchev–Trinajstić information content (AvgIpc) is 2.64. The Kier molecular flexibility index (Phi) is 5.97. The first-order valence-electron chi connectivity index (χ1n) is 9.26. The number of carbonyl (C=O) groups is 1. The summed E-state index contributed by atoms with van der Waals surface area (Å²) < 4.78 is 28.3. The number of aryl methyl sites for hydroxylation is 2. The Bertz CT molecular complexity index is 902. The second-order valence-electron chi connectivity index (χ2n) is 7.21. The summed E-state index contributed by atoms with van der Waals surface area (Å²) in [6.07, 6.45) is 1.65. The SMILES string of the molecule is Cc1ccc(C)c(S(=O)(=O)NC2CCN(C(=O)Cc3ccccc3)CC2)c1. The van der Waals surface area contributed by atoms with Crippen LogP contribution in [0.5, 0.6) is 0 Å². The Labute approximate surface area is 161 Å². The van der Waals surface area contributed by atoms with Crippen LogP contribution in [-0.2, 0) is 21.2 Å². The van der Waals surface area contributed by atoms with Gasteiger partial charge in [-0.25, -0.2) is 13.1 Å². The molecule has 0 unspecified atom stereocenters. The maximum Gasteiger partial charge on any atom is 0.241 e. The lowest BCUT2D eigenvalue weighted by Crippen LogP contribution is -2.47. The number of sulfonamides is 1. The van der Waals surface area contributed by atoms with Crippen LogP contribution < -0.4 is 4.72 Å². The quantitative estimate of drug-likeness (QED) is 0.859. The van der Waals surface area contributed by atoms with Crippen LogP contribution in [0.1, 0.15) is 29.5 Å². The molecule has 1 amide bonds. The molecule has 0 bridgehead atoms. The second-order valence-corrected chi connectivity index (χ2v) is 8.89. The minimum Gasteiger partial charge on any atom is -0.342 e. The van der Waals surface area contributed by atoms with Gasteiger partial charge in [0.15, 0.2) is 0 Å². The van der Waals surface area contributed by atoms with Crippen molar-refractivity contribution in [2.75, 3.05) is 13.1 Å². The summed E-state index contributed by atoms with van der Waals surface area (Å²) in [5, 5.41) is 0. The largest absolute Gasteiger partial charge is 0.342 e. The van der Waals surface area contributed by atoms with Gasteiger partial charge in [-0.2, -0.15) is 0 Å². The summed E-state index contributed by atoms with van der Waals surface area (Å²) in [7, 11) is -3.55. The summed E-state index contributed by atoms with van der Waals surface area (Å²) >= 11 is 0. The van der Waals surface area contributed by atoms with Crippen molar-refractivity contribution in [3.8, 4) is 0 Å². The molecular formula is C21H26N2O3S. The van der Waals surface area contributed by atoms with Crippen molar-refractivity contribution in [3.05, 3.63) is 65.2 Å². The third-order valence-corrected chi connectivity index (χ3v) is 6.66. The lowest BCUT2D eigenvalue weighted by Gasteiger charge is -2.32. The Morgan fingerprint density at radius 3 is 2.41 bits per heavy atom. The van der Waals surface area contributed by atoms with Gasteiger partial charge in [0, 0.05) is 19.1 Å². The maximum absolute atomic E-state index is 12.7. The lowest BCUT2D eigenvalue weighted by atomic mass is 10.0. The zero-order valence-corrected chi connectivity index (χ0v) is 16.6. The predicted molar refractivity (Wildman–Crippen MR) is 106 cm³/mol. The molecule has 0 atom stereocenters. The number of nitrogens with zero attached hydrogens (tertiary/aromatic N) is 1. The van der Waals surface area contributed by atoms with Gasteiger partial charge in [-0.05, 0) is 49.4 Å². The van der Waals surface area contributed by atoms with Crippen molar-refractivity contribution >= 4 is 15.9 Å². The van der Waals surface area contributed by atoms with E-state index in [0.29, 0.717) is 37.2 Å². The summed E-state index contributed by atoms with van der Waals surface area (Å²) in [4.78, 5) is 14.6. The number of amides is 1. The van der Waals surface area contributed by atoms with Crippen LogP contribution in [0, 0.1) is 13.8 Å². The molecule has 5 nitrogen and oxygen atoms in total. The molecule has 0 aliphatic carbocycles. The molecule has 27 heavy (non-hydrogen) atoms. The molecule has 0 radical (unpaired) electrons. The number of hydrogen-bond acceptors (Lipinski definition) is 3. The number of nitrogens with one attached hydrogen (secondary N) is 1. The minimum atomic E-state index is -3.55. The van der Waals surface area contributed by atoms with Gasteiger partial charge >= 0.3 is 0 Å². The van der Waals surface area contributed by atoms with Gasteiger partial charge in [-0.15, -0.1) is 0 Å². The standard InChI is InChI=1S/C21H26N2O3S/c1-16-8-9-17(2)20(14-16)27(25,26)22-19-10-12-23(13-11-19)21(24)15-18-6-4-3-5-7-18/h3-9,14,19,22H,10-13,15H2,1-2H3. The van der Waals surface area contributed by atoms with E-state index in [4.69, 9.17) is 0 Å². The van der Waals surface area contributed by atoms with Crippen LogP contribution >= 0.6 is 0 Å². The van der Waals surface area contributed by atoms with Gasteiger partial charge in [0.05, 0.1) is 11.3 Å². The number of carbonyl (C=O) groups excluding carboxylic acids is 1. The van der Waals surface area contributed by atoms with Crippen molar-refractivity contribution in [2.45, 2.75) is 44.0 Å². The summed E-state index contributed by atoms with van der Waals surface area (Å²) in [5.41, 5.74) is 2.66. The van der Waals surface area contributed by atoms with E-state index in [1.165, 1.54) is 0 Å². The minimum absolute atomic E-state index is 0.0945. The van der Waals surface area contributed by atoms with Crippen molar-refractivity contribution in [1.29, 1.82) is 0 Å². The first-order chi connectivity index (χ1) is 12.8. The van der Waals surface area contributed by atoms with Crippen LogP contribution in [0.15, 0.2) is 53.4 Å². The number of benzene rings is 2. The van der Waals surface area contributed by atoms with E-state index in [1.807, 2.05) is 54.3 Å². The van der Waals surface area contributed by atoms with Crippen LogP contribution in [-0.4, -0.2) is 38.4 Å². The smallest absolute Gasteiger partial charge is 0.241 e. The Morgan fingerprint density at radius 2 is 1.74 bits per heavy atom. The fourth-order valence-electron chi connectivity index (χ4n) is 3.41. The molecule has 6 heteroatoms. The zero-order chi connectivity index (χ0) is 19.4. The van der Waals surface area contributed by atoms with Crippen LogP contribution in [0.4, 0.5) is 0 Å². The Morgan fingerprint density at radius 1 is 1.07 bits per heavy atom. The lowest BCUT2D eigenvalue weighted by molar-refractivity contribution is -0.131. The molecule has 2 aromatic rings. The first-order valence-corrected chi connectivity index (χ1v) is 10.7. The monoisotopic (exact) mass is 386 g/mol. The van der Waals surface area contributed by atoms with E-state index >= 15 is 0 Å². The molecule has 1 saturated heterocycles. The first kappa shape index (κ1) is 19.6. The maximum atomic E-state index is 12.7. The Balaban J connectivity index is 1.57. The third-order valence-electron chi connectivity index (χ3n) is 5.00. The van der Waals surface area contributed by atoms with Crippen molar-refractivity contribution in [3.63, 3.8) is 0 Å². The predicted octanol–water partition coefficient (Wildman–Crippen LogP) is 2.82. The van der Waals surface area contributed by atoms with Crippen molar-refractivity contribution < 1.29 is 13.2 Å². The van der Waals surface area contributed by atoms with Gasteiger partial charge in [-0.3, -0.25) is 4.79 Å². The van der Waals surface area contributed by atoms with E-state index in [0.717, 1.165) is 16.7 Å². The molecular weight excluding hydrogens is 360 g/mol. The number of rotatable bonds is 5. The van der Waals surface area contributed by atoms with Gasteiger partial charge in [0.2, 0.25) is 15.9 Å². The third kappa shape index (κ3) is 4.96. The molecule has 1 N–H and O–H groups in total. The van der Waals surface area contributed by atoms with Gasteiger partial charge in [0.25, 0.3) is 0 Å². The molecule has 1 aliphatic heterocycles. The molecule has 0 saturated carbocycles. The van der Waals surface area contributed by atoms with Crippen LogP contribution in [0.3, 0.4) is 0 Å². The molecule has 0 spiro atoms. The highest BCUT2D eigenvalue weighted by Gasteiger charge is 2.27. The highest BCUT2D eigenvalue weighted by atomic mass is 32.2. The molecule has 0 aromatic heterocycles. The zero-order valence-electron chi connectivity index (χ0n) is 15.8.